The molecule has 1 saturated heterocycles. The number of nitrogens with one attached hydrogen (secondary N) is 2. The smallest absolute Gasteiger partial charge is 0.445 e. The third kappa shape index (κ3) is 7.92. The summed E-state index contributed by atoms with van der Waals surface area (Å²) in [5, 5.41) is 13.5. The Morgan fingerprint density at radius 1 is 1.14 bits per heavy atom. The topological polar surface area (TPSA) is 119 Å². The molecule has 1 aromatic carbocycles. The number of esters is 1. The third-order valence-electron chi connectivity index (χ3n) is 5.18. The number of amides is 1. The van der Waals surface area contributed by atoms with Crippen LogP contribution in [0.15, 0.2) is 28.7 Å². The minimum atomic E-state index is -5.18. The summed E-state index contributed by atoms with van der Waals surface area (Å²) in [5.74, 6) is -3.69. The van der Waals surface area contributed by atoms with Crippen molar-refractivity contribution in [1.29, 1.82) is 0 Å². The molecule has 1 fully saturated rings. The number of carbonyl (C=O) groups excluding carboxylic acids is 2. The number of rotatable bonds is 10. The molecular formula is C22H28F3N5O5. The summed E-state index contributed by atoms with van der Waals surface area (Å²) in [6, 6.07) is 6.55. The van der Waals surface area contributed by atoms with Gasteiger partial charge in [0, 0.05) is 30.9 Å². The molecule has 3 rings (SSSR count). The minimum Gasteiger partial charge on any atom is -0.445 e. The highest BCUT2D eigenvalue weighted by atomic mass is 19.4. The number of hydrogen-bond donors (Lipinski definition) is 2. The second kappa shape index (κ2) is 12.0. The predicted octanol–water partition coefficient (Wildman–Crippen LogP) is 2.94. The second-order valence-electron chi connectivity index (χ2n) is 8.28. The number of anilines is 2. The normalized spacial score (nSPS) is 15.6. The fourth-order valence-corrected chi connectivity index (χ4v) is 3.32. The van der Waals surface area contributed by atoms with Crippen LogP contribution >= 0.6 is 0 Å². The van der Waals surface area contributed by atoms with E-state index in [1.807, 2.05) is 0 Å². The average molecular weight is 499 g/mol. The van der Waals surface area contributed by atoms with Crippen molar-refractivity contribution in [2.45, 2.75) is 32.5 Å². The van der Waals surface area contributed by atoms with Gasteiger partial charge < -0.3 is 24.5 Å². The second-order valence-corrected chi connectivity index (χ2v) is 8.28. The molecule has 2 heterocycles. The van der Waals surface area contributed by atoms with Gasteiger partial charge in [-0.2, -0.15) is 13.2 Å². The van der Waals surface area contributed by atoms with Crippen molar-refractivity contribution in [1.82, 2.24) is 15.1 Å². The van der Waals surface area contributed by atoms with E-state index in [2.05, 4.69) is 30.5 Å². The van der Waals surface area contributed by atoms with Gasteiger partial charge in [-0.15, -0.1) is 5.10 Å². The first-order valence-corrected chi connectivity index (χ1v) is 11.2. The molecule has 35 heavy (non-hydrogen) atoms. The van der Waals surface area contributed by atoms with Crippen LogP contribution in [0.3, 0.4) is 0 Å². The molecule has 1 amide bonds. The summed E-state index contributed by atoms with van der Waals surface area (Å²) in [7, 11) is 0. The van der Waals surface area contributed by atoms with E-state index in [-0.39, 0.29) is 11.9 Å². The Morgan fingerprint density at radius 2 is 1.83 bits per heavy atom. The first-order valence-electron chi connectivity index (χ1n) is 11.2. The fraction of sp³-hybridized carbons (Fsp3) is 0.545. The van der Waals surface area contributed by atoms with Crippen molar-refractivity contribution >= 4 is 23.6 Å². The average Bonchev–Trinajstić information content (AvgIpc) is 3.29. The number of alkyl halides is 3. The Kier molecular flexibility index (Phi) is 9.04. The van der Waals surface area contributed by atoms with Gasteiger partial charge >= 0.3 is 18.2 Å². The van der Waals surface area contributed by atoms with Gasteiger partial charge in [-0.05, 0) is 43.1 Å². The highest BCUT2D eigenvalue weighted by Crippen LogP contribution is 2.23. The van der Waals surface area contributed by atoms with Crippen molar-refractivity contribution in [2.75, 3.05) is 50.0 Å². The van der Waals surface area contributed by atoms with E-state index >= 15 is 0 Å². The van der Waals surface area contributed by atoms with Crippen molar-refractivity contribution in [3.05, 3.63) is 24.3 Å². The van der Waals surface area contributed by atoms with Gasteiger partial charge in [-0.1, -0.05) is 18.9 Å². The molecule has 1 aliphatic rings. The van der Waals surface area contributed by atoms with Crippen molar-refractivity contribution in [2.24, 2.45) is 5.92 Å². The summed E-state index contributed by atoms with van der Waals surface area (Å²) < 4.78 is 52.8. The maximum Gasteiger partial charge on any atom is 0.490 e. The van der Waals surface area contributed by atoms with E-state index in [0.717, 1.165) is 39.3 Å². The number of nitrogens with zero attached hydrogens (tertiary/aromatic N) is 3. The molecule has 0 radical (unpaired) electrons. The molecule has 0 spiro atoms. The maximum absolute atomic E-state index is 12.5. The fourth-order valence-electron chi connectivity index (χ4n) is 3.32. The highest BCUT2D eigenvalue weighted by molar-refractivity contribution is 5.96. The van der Waals surface area contributed by atoms with Gasteiger partial charge in [-0.25, -0.2) is 4.79 Å². The summed E-state index contributed by atoms with van der Waals surface area (Å²) in [6.45, 7) is 7.93. The van der Waals surface area contributed by atoms with Crippen LogP contribution in [0.1, 0.15) is 20.3 Å². The van der Waals surface area contributed by atoms with E-state index in [1.54, 1.807) is 12.1 Å². The van der Waals surface area contributed by atoms with E-state index in [0.29, 0.717) is 17.8 Å². The van der Waals surface area contributed by atoms with Crippen LogP contribution in [0.4, 0.5) is 24.9 Å². The van der Waals surface area contributed by atoms with Gasteiger partial charge in [0.2, 0.25) is 5.89 Å². The minimum absolute atomic E-state index is 0.262. The van der Waals surface area contributed by atoms with Crippen molar-refractivity contribution in [3.63, 3.8) is 0 Å². The van der Waals surface area contributed by atoms with Gasteiger partial charge in [0.1, 0.15) is 0 Å². The molecule has 2 aromatic rings. The van der Waals surface area contributed by atoms with Crippen LogP contribution in [-0.2, 0) is 19.1 Å². The number of carbonyl (C=O) groups is 2. The largest absolute Gasteiger partial charge is 0.490 e. The highest BCUT2D eigenvalue weighted by Gasteiger charge is 2.44. The Morgan fingerprint density at radius 3 is 2.46 bits per heavy atom. The van der Waals surface area contributed by atoms with Gasteiger partial charge in [0.25, 0.3) is 5.91 Å². The number of hydrogen-bond acceptors (Lipinski definition) is 9. The van der Waals surface area contributed by atoms with Gasteiger partial charge in [0.15, 0.2) is 6.10 Å². The number of morpholine rings is 1. The molecule has 10 nitrogen and oxygen atoms in total. The molecule has 192 valence electrons. The zero-order valence-electron chi connectivity index (χ0n) is 19.4. The Bertz CT molecular complexity index is 975. The first-order chi connectivity index (χ1) is 16.6. The summed E-state index contributed by atoms with van der Waals surface area (Å²) >= 11 is 0. The van der Waals surface area contributed by atoms with Gasteiger partial charge in [0.05, 0.1) is 13.2 Å². The van der Waals surface area contributed by atoms with E-state index < -0.39 is 30.1 Å². The third-order valence-corrected chi connectivity index (χ3v) is 5.18. The summed E-state index contributed by atoms with van der Waals surface area (Å²) in [4.78, 5) is 25.8. The van der Waals surface area contributed by atoms with Crippen molar-refractivity contribution < 1.29 is 36.7 Å². The lowest BCUT2D eigenvalue weighted by atomic mass is 10.1. The Balaban J connectivity index is 1.50. The van der Waals surface area contributed by atoms with E-state index in [1.165, 1.54) is 26.0 Å². The zero-order chi connectivity index (χ0) is 25.4. The van der Waals surface area contributed by atoms with Gasteiger partial charge in [-0.3, -0.25) is 9.69 Å². The molecule has 1 aliphatic heterocycles. The van der Waals surface area contributed by atoms with E-state index in [9.17, 15) is 22.8 Å². The number of aromatic nitrogens is 2. The maximum atomic E-state index is 12.5. The van der Waals surface area contributed by atoms with Crippen LogP contribution in [0.25, 0.3) is 11.5 Å². The SMILES string of the molecule is CC(C)C(OC(=O)C(F)(F)F)C(=O)Nc1ccc(-c2nnc(NCCCN3CCOCC3)o2)cc1. The number of halogens is 3. The number of benzene rings is 1. The van der Waals surface area contributed by atoms with Crippen LogP contribution in [-0.4, -0.2) is 78.6 Å². The Labute approximate surface area is 200 Å². The quantitative estimate of drug-likeness (QED) is 0.376. The zero-order valence-corrected chi connectivity index (χ0v) is 19.4. The molecule has 0 aliphatic carbocycles. The molecular weight excluding hydrogens is 471 g/mol. The molecule has 1 atom stereocenters. The monoisotopic (exact) mass is 499 g/mol. The molecule has 13 heteroatoms. The lowest BCUT2D eigenvalue weighted by molar-refractivity contribution is -0.206. The predicted molar refractivity (Wildman–Crippen MR) is 120 cm³/mol. The Hall–Kier alpha value is -3.19. The lowest BCUT2D eigenvalue weighted by Crippen LogP contribution is -2.40. The molecule has 0 saturated carbocycles. The summed E-state index contributed by atoms with van der Waals surface area (Å²) in [6.07, 6.45) is -5.88. The summed E-state index contributed by atoms with van der Waals surface area (Å²) in [5.41, 5.74) is 0.884. The van der Waals surface area contributed by atoms with Crippen LogP contribution in [0, 0.1) is 5.92 Å². The van der Waals surface area contributed by atoms with Crippen molar-refractivity contribution in [3.8, 4) is 11.5 Å². The molecule has 0 bridgehead atoms. The van der Waals surface area contributed by atoms with E-state index in [4.69, 9.17) is 9.15 Å². The number of ether oxygens (including phenoxy) is 2. The van der Waals surface area contributed by atoms with Crippen LogP contribution < -0.4 is 10.6 Å². The molecule has 1 aromatic heterocycles. The molecule has 2 N–H and O–H groups in total. The van der Waals surface area contributed by atoms with Crippen LogP contribution in [0.2, 0.25) is 0 Å². The first kappa shape index (κ1) is 26.4. The van der Waals surface area contributed by atoms with Crippen LogP contribution in [0.5, 0.6) is 0 Å². The molecule has 1 unspecified atom stereocenters. The lowest BCUT2D eigenvalue weighted by Gasteiger charge is -2.26. The standard InChI is InChI=1S/C22H28F3N5O5/c1-14(2)17(34-20(32)22(23,24)25)18(31)27-16-6-4-15(5-7-16)19-28-29-21(35-19)26-8-3-9-30-10-12-33-13-11-30/h4-7,14,17H,3,8-13H2,1-2H3,(H,26,29)(H,27,31).